The molecule has 0 bridgehead atoms. The Morgan fingerprint density at radius 3 is 2.79 bits per heavy atom. The van der Waals surface area contributed by atoms with E-state index in [0.717, 1.165) is 17.0 Å². The minimum Gasteiger partial charge on any atom is -0.323 e. The summed E-state index contributed by atoms with van der Waals surface area (Å²) in [6.07, 6.45) is 0. The molecule has 1 amide bonds. The topological polar surface area (TPSA) is 72.2 Å². The number of amides is 1. The normalized spacial score (nSPS) is 11.0. The van der Waals surface area contributed by atoms with E-state index in [1.165, 1.54) is 17.8 Å². The van der Waals surface area contributed by atoms with Crippen molar-refractivity contribution in [2.75, 3.05) is 11.1 Å². The fraction of sp³-hybridized carbons (Fsp3) is 0.250. The van der Waals surface area contributed by atoms with Crippen LogP contribution in [0, 0.1) is 26.6 Å². The minimum absolute atomic E-state index is 0.0986. The van der Waals surface area contributed by atoms with Gasteiger partial charge in [-0.1, -0.05) is 17.8 Å². The van der Waals surface area contributed by atoms with Crippen LogP contribution in [0.15, 0.2) is 29.4 Å². The summed E-state index contributed by atoms with van der Waals surface area (Å²) in [7, 11) is 0. The minimum atomic E-state index is -0.447. The molecule has 0 saturated carbocycles. The van der Waals surface area contributed by atoms with E-state index in [-0.39, 0.29) is 17.3 Å². The van der Waals surface area contributed by atoms with Crippen molar-refractivity contribution in [1.29, 1.82) is 0 Å². The van der Waals surface area contributed by atoms with E-state index in [1.807, 2.05) is 19.9 Å². The average Bonchev–Trinajstić information content (AvgIpc) is 2.91. The Morgan fingerprint density at radius 1 is 1.25 bits per heavy atom. The lowest BCUT2D eigenvalue weighted by atomic mass is 10.2. The zero-order valence-electron chi connectivity index (χ0n) is 13.5. The Labute approximate surface area is 142 Å². The Kier molecular flexibility index (Phi) is 4.48. The second kappa shape index (κ2) is 6.56. The summed E-state index contributed by atoms with van der Waals surface area (Å²) in [6.45, 7) is 5.61. The van der Waals surface area contributed by atoms with E-state index in [1.54, 1.807) is 23.5 Å². The maximum atomic E-state index is 13.8. The summed E-state index contributed by atoms with van der Waals surface area (Å²) in [5, 5.41) is 11.2. The summed E-state index contributed by atoms with van der Waals surface area (Å²) >= 11 is 1.23. The average molecular weight is 345 g/mol. The molecule has 1 aromatic carbocycles. The molecule has 2 heterocycles. The number of benzene rings is 1. The molecule has 124 valence electrons. The maximum absolute atomic E-state index is 13.8. The lowest BCUT2D eigenvalue weighted by Crippen LogP contribution is -2.15. The van der Waals surface area contributed by atoms with Crippen LogP contribution < -0.4 is 5.32 Å². The van der Waals surface area contributed by atoms with Gasteiger partial charge in [-0.25, -0.2) is 9.37 Å². The third kappa shape index (κ3) is 3.38. The predicted molar refractivity (Wildman–Crippen MR) is 90.7 cm³/mol. The molecule has 1 N–H and O–H groups in total. The zero-order chi connectivity index (χ0) is 17.3. The second-order valence-electron chi connectivity index (χ2n) is 5.48. The number of halogens is 1. The molecule has 0 aliphatic rings. The van der Waals surface area contributed by atoms with E-state index in [2.05, 4.69) is 20.5 Å². The van der Waals surface area contributed by atoms with Gasteiger partial charge in [0, 0.05) is 11.4 Å². The van der Waals surface area contributed by atoms with Crippen molar-refractivity contribution in [3.63, 3.8) is 0 Å². The van der Waals surface area contributed by atoms with Gasteiger partial charge in [-0.05, 0) is 44.5 Å². The van der Waals surface area contributed by atoms with Crippen molar-refractivity contribution >= 4 is 29.1 Å². The number of nitrogens with one attached hydrogen (secondary N) is 1. The van der Waals surface area contributed by atoms with Crippen LogP contribution in [0.2, 0.25) is 0 Å². The molecule has 6 nitrogen and oxygen atoms in total. The largest absolute Gasteiger partial charge is 0.323 e. The number of fused-ring (bicyclic) bond motifs is 1. The Morgan fingerprint density at radius 2 is 2.04 bits per heavy atom. The van der Waals surface area contributed by atoms with Gasteiger partial charge in [-0.2, -0.15) is 0 Å². The number of aryl methyl sites for hydroxylation is 3. The molecule has 0 aliphatic carbocycles. The van der Waals surface area contributed by atoms with Gasteiger partial charge in [0.1, 0.15) is 5.82 Å². The van der Waals surface area contributed by atoms with E-state index >= 15 is 0 Å². The molecule has 0 radical (unpaired) electrons. The van der Waals surface area contributed by atoms with Crippen LogP contribution in [0.3, 0.4) is 0 Å². The van der Waals surface area contributed by atoms with Crippen molar-refractivity contribution in [2.45, 2.75) is 25.9 Å². The molecule has 0 saturated heterocycles. The first-order valence-corrected chi connectivity index (χ1v) is 8.31. The van der Waals surface area contributed by atoms with Crippen molar-refractivity contribution in [3.05, 3.63) is 47.0 Å². The van der Waals surface area contributed by atoms with Gasteiger partial charge < -0.3 is 5.32 Å². The van der Waals surface area contributed by atoms with Gasteiger partial charge >= 0.3 is 0 Å². The predicted octanol–water partition coefficient (Wildman–Crippen LogP) is 2.92. The molecule has 3 aromatic rings. The quantitative estimate of drug-likeness (QED) is 0.736. The maximum Gasteiger partial charge on any atom is 0.256 e. The van der Waals surface area contributed by atoms with Crippen LogP contribution in [0.4, 0.5) is 10.1 Å². The zero-order valence-corrected chi connectivity index (χ0v) is 14.3. The van der Waals surface area contributed by atoms with Gasteiger partial charge in [-0.15, -0.1) is 10.2 Å². The lowest BCUT2D eigenvalue weighted by molar-refractivity contribution is -0.113. The highest BCUT2D eigenvalue weighted by atomic mass is 32.2. The fourth-order valence-electron chi connectivity index (χ4n) is 2.33. The van der Waals surface area contributed by atoms with Crippen LogP contribution in [0.1, 0.15) is 17.0 Å². The van der Waals surface area contributed by atoms with Gasteiger partial charge in [-0.3, -0.25) is 9.20 Å². The molecular weight excluding hydrogens is 329 g/mol. The lowest BCUT2D eigenvalue weighted by Gasteiger charge is -2.07. The molecule has 0 atom stereocenters. The Hall–Kier alpha value is -2.48. The van der Waals surface area contributed by atoms with Gasteiger partial charge in [0.2, 0.25) is 5.91 Å². The van der Waals surface area contributed by atoms with E-state index in [4.69, 9.17) is 0 Å². The van der Waals surface area contributed by atoms with Gasteiger partial charge in [0.25, 0.3) is 5.78 Å². The van der Waals surface area contributed by atoms with Crippen molar-refractivity contribution in [1.82, 2.24) is 19.6 Å². The van der Waals surface area contributed by atoms with Crippen molar-refractivity contribution in [2.24, 2.45) is 0 Å². The molecule has 24 heavy (non-hydrogen) atoms. The number of anilines is 1. The number of carbonyl (C=O) groups excluding carboxylic acids is 1. The molecule has 2 aromatic heterocycles. The number of nitrogens with zero attached hydrogens (tertiary/aromatic N) is 4. The third-order valence-corrected chi connectivity index (χ3v) is 4.32. The number of hydrogen-bond acceptors (Lipinski definition) is 5. The van der Waals surface area contributed by atoms with E-state index in [0.29, 0.717) is 10.9 Å². The van der Waals surface area contributed by atoms with Gasteiger partial charge in [0.05, 0.1) is 11.4 Å². The van der Waals surface area contributed by atoms with Crippen LogP contribution in [0.25, 0.3) is 5.78 Å². The smallest absolute Gasteiger partial charge is 0.256 e. The van der Waals surface area contributed by atoms with Gasteiger partial charge in [0.15, 0.2) is 5.16 Å². The summed E-state index contributed by atoms with van der Waals surface area (Å²) in [4.78, 5) is 16.3. The molecule has 3 rings (SSSR count). The second-order valence-corrected chi connectivity index (χ2v) is 6.42. The van der Waals surface area contributed by atoms with Crippen LogP contribution >= 0.6 is 11.8 Å². The van der Waals surface area contributed by atoms with Crippen molar-refractivity contribution < 1.29 is 9.18 Å². The molecule has 0 unspecified atom stereocenters. The summed E-state index contributed by atoms with van der Waals surface area (Å²) in [5.74, 6) is -0.157. The first-order valence-electron chi connectivity index (χ1n) is 7.32. The first-order chi connectivity index (χ1) is 11.4. The fourth-order valence-corrected chi connectivity index (χ4v) is 3.12. The molecule has 8 heteroatoms. The summed E-state index contributed by atoms with van der Waals surface area (Å²) in [6, 6.07) is 6.60. The van der Waals surface area contributed by atoms with Crippen LogP contribution in [-0.4, -0.2) is 31.2 Å². The monoisotopic (exact) mass is 345 g/mol. The molecule has 0 spiro atoms. The molecule has 0 aliphatic heterocycles. The van der Waals surface area contributed by atoms with E-state index in [9.17, 15) is 9.18 Å². The highest BCUT2D eigenvalue weighted by molar-refractivity contribution is 7.99. The number of hydrogen-bond donors (Lipinski definition) is 1. The molecular formula is C16H16FN5OS. The number of rotatable bonds is 4. The Balaban J connectivity index is 1.70. The highest BCUT2D eigenvalue weighted by Gasteiger charge is 2.13. The van der Waals surface area contributed by atoms with E-state index < -0.39 is 5.82 Å². The summed E-state index contributed by atoms with van der Waals surface area (Å²) in [5.41, 5.74) is 2.77. The summed E-state index contributed by atoms with van der Waals surface area (Å²) < 4.78 is 15.6. The Bertz CT molecular complexity index is 924. The number of thioether (sulfide) groups is 1. The third-order valence-electron chi connectivity index (χ3n) is 3.39. The molecule has 0 fully saturated rings. The SMILES string of the molecule is Cc1ccc(NC(=O)CSc2nnc3nc(C)cc(C)n23)c(F)c1. The highest BCUT2D eigenvalue weighted by Crippen LogP contribution is 2.20. The standard InChI is InChI=1S/C16H16FN5OS/c1-9-4-5-13(12(17)6-9)19-14(23)8-24-16-21-20-15-18-10(2)7-11(3)22(15)16/h4-7H,8H2,1-3H3,(H,19,23). The van der Waals surface area contributed by atoms with Crippen LogP contribution in [0.5, 0.6) is 0 Å². The number of carbonyl (C=O) groups is 1. The number of aromatic nitrogens is 4. The first kappa shape index (κ1) is 16.4. The van der Waals surface area contributed by atoms with Crippen molar-refractivity contribution in [3.8, 4) is 0 Å². The van der Waals surface area contributed by atoms with Crippen LogP contribution in [-0.2, 0) is 4.79 Å².